The lowest BCUT2D eigenvalue weighted by atomic mass is 9.93. The van der Waals surface area contributed by atoms with E-state index < -0.39 is 34.1 Å². The fourth-order valence-corrected chi connectivity index (χ4v) is 2.19. The van der Waals surface area contributed by atoms with Crippen molar-refractivity contribution in [2.75, 3.05) is 0 Å². The maximum atomic E-state index is 13.6. The zero-order valence-corrected chi connectivity index (χ0v) is 10.1. The summed E-state index contributed by atoms with van der Waals surface area (Å²) in [6, 6.07) is 1.02. The second kappa shape index (κ2) is 5.48. The second-order valence-corrected chi connectivity index (χ2v) is 4.60. The Balaban J connectivity index is 2.22. The lowest BCUT2D eigenvalue weighted by Crippen LogP contribution is -2.41. The number of nitrogens with zero attached hydrogens (tertiary/aromatic N) is 1. The second-order valence-electron chi connectivity index (χ2n) is 4.60. The van der Waals surface area contributed by atoms with Crippen molar-refractivity contribution in [2.24, 2.45) is 5.73 Å². The van der Waals surface area contributed by atoms with E-state index in [4.69, 9.17) is 10.5 Å². The van der Waals surface area contributed by atoms with Crippen LogP contribution >= 0.6 is 0 Å². The molecule has 2 N–H and O–H groups in total. The van der Waals surface area contributed by atoms with Crippen LogP contribution in [0, 0.1) is 21.7 Å². The molecule has 1 aliphatic rings. The van der Waals surface area contributed by atoms with Crippen LogP contribution in [0.1, 0.15) is 25.7 Å². The summed E-state index contributed by atoms with van der Waals surface area (Å²) in [5.74, 6) is -2.75. The van der Waals surface area contributed by atoms with Crippen LogP contribution in [0.2, 0.25) is 0 Å². The van der Waals surface area contributed by atoms with Crippen LogP contribution in [0.4, 0.5) is 14.5 Å². The van der Waals surface area contributed by atoms with Gasteiger partial charge in [0.05, 0.1) is 17.1 Å². The molecule has 1 aromatic rings. The number of hydrogen-bond donors (Lipinski definition) is 1. The number of nitrogens with two attached hydrogens (primary N) is 1. The first-order valence-electron chi connectivity index (χ1n) is 6.04. The van der Waals surface area contributed by atoms with E-state index in [9.17, 15) is 18.9 Å². The van der Waals surface area contributed by atoms with Gasteiger partial charge in [0, 0.05) is 6.04 Å². The van der Waals surface area contributed by atoms with Crippen LogP contribution < -0.4 is 10.5 Å². The summed E-state index contributed by atoms with van der Waals surface area (Å²) in [6.07, 6.45) is 2.75. The Bertz CT molecular complexity index is 473. The molecule has 2 rings (SSSR count). The summed E-state index contributed by atoms with van der Waals surface area (Å²) in [5, 5.41) is 10.5. The van der Waals surface area contributed by atoms with Crippen molar-refractivity contribution in [3.8, 4) is 5.75 Å². The normalized spacial score (nSPS) is 23.1. The van der Waals surface area contributed by atoms with Gasteiger partial charge in [-0.1, -0.05) is 6.42 Å². The number of non-ortho nitro benzene ring substituents is 1. The molecule has 19 heavy (non-hydrogen) atoms. The van der Waals surface area contributed by atoms with Gasteiger partial charge in [0.2, 0.25) is 0 Å². The van der Waals surface area contributed by atoms with Crippen molar-refractivity contribution in [3.05, 3.63) is 33.9 Å². The zero-order chi connectivity index (χ0) is 14.0. The van der Waals surface area contributed by atoms with Crippen molar-refractivity contribution >= 4 is 5.69 Å². The molecule has 0 heterocycles. The van der Waals surface area contributed by atoms with Crippen molar-refractivity contribution in [2.45, 2.75) is 37.8 Å². The molecular weight excluding hydrogens is 258 g/mol. The molecule has 5 nitrogen and oxygen atoms in total. The van der Waals surface area contributed by atoms with Crippen LogP contribution in [-0.4, -0.2) is 17.1 Å². The van der Waals surface area contributed by atoms with Crippen LogP contribution in [0.25, 0.3) is 0 Å². The van der Waals surface area contributed by atoms with E-state index >= 15 is 0 Å². The highest BCUT2D eigenvalue weighted by Gasteiger charge is 2.27. The van der Waals surface area contributed by atoms with Crippen molar-refractivity contribution in [1.29, 1.82) is 0 Å². The third-order valence-electron chi connectivity index (χ3n) is 3.22. The number of nitro benzene ring substituents is 1. The molecule has 2 unspecified atom stereocenters. The van der Waals surface area contributed by atoms with Crippen molar-refractivity contribution < 1.29 is 18.4 Å². The van der Waals surface area contributed by atoms with Crippen LogP contribution in [-0.2, 0) is 0 Å². The first-order chi connectivity index (χ1) is 8.99. The maximum absolute atomic E-state index is 13.6. The van der Waals surface area contributed by atoms with Gasteiger partial charge < -0.3 is 10.5 Å². The van der Waals surface area contributed by atoms with E-state index in [1.165, 1.54) is 0 Å². The standard InChI is InChI=1S/C12H14F2N2O3/c13-8-5-7(16(17)18)6-9(14)12(8)19-11-4-2-1-3-10(11)15/h5-6,10-11H,1-4,15H2. The van der Waals surface area contributed by atoms with E-state index in [1.807, 2.05) is 0 Å². The minimum Gasteiger partial charge on any atom is -0.483 e. The van der Waals surface area contributed by atoms with Gasteiger partial charge in [0.1, 0.15) is 6.10 Å². The van der Waals surface area contributed by atoms with Crippen LogP contribution in [0.3, 0.4) is 0 Å². The van der Waals surface area contributed by atoms with Crippen LogP contribution in [0.5, 0.6) is 5.75 Å². The quantitative estimate of drug-likeness (QED) is 0.677. The molecule has 0 radical (unpaired) electrons. The molecule has 0 aliphatic heterocycles. The Kier molecular flexibility index (Phi) is 3.94. The van der Waals surface area contributed by atoms with E-state index in [1.54, 1.807) is 0 Å². The average molecular weight is 272 g/mol. The summed E-state index contributed by atoms with van der Waals surface area (Å²) in [6.45, 7) is 0. The van der Waals surface area contributed by atoms with Crippen LogP contribution in [0.15, 0.2) is 12.1 Å². The molecule has 7 heteroatoms. The number of nitro groups is 1. The van der Waals surface area contributed by atoms with Gasteiger partial charge in [-0.3, -0.25) is 10.1 Å². The molecule has 1 aromatic carbocycles. The van der Waals surface area contributed by atoms with E-state index in [0.29, 0.717) is 18.6 Å². The number of hydrogen-bond acceptors (Lipinski definition) is 4. The summed E-state index contributed by atoms with van der Waals surface area (Å²) < 4.78 is 32.6. The minimum absolute atomic E-state index is 0.275. The molecule has 104 valence electrons. The molecule has 2 atom stereocenters. The fourth-order valence-electron chi connectivity index (χ4n) is 2.19. The first kappa shape index (κ1) is 13.7. The van der Waals surface area contributed by atoms with E-state index in [2.05, 4.69) is 0 Å². The van der Waals surface area contributed by atoms with Gasteiger partial charge in [-0.25, -0.2) is 8.78 Å². The highest BCUT2D eigenvalue weighted by Crippen LogP contribution is 2.30. The SMILES string of the molecule is NC1CCCCC1Oc1c(F)cc([N+](=O)[O-])cc1F. The van der Waals surface area contributed by atoms with E-state index in [-0.39, 0.29) is 6.04 Å². The summed E-state index contributed by atoms with van der Waals surface area (Å²) in [7, 11) is 0. The Morgan fingerprint density at radius 1 is 1.26 bits per heavy atom. The topological polar surface area (TPSA) is 78.4 Å². The molecule has 0 saturated heterocycles. The Hall–Kier alpha value is -1.76. The fraction of sp³-hybridized carbons (Fsp3) is 0.500. The molecule has 1 fully saturated rings. The van der Waals surface area contributed by atoms with Crippen molar-refractivity contribution in [3.63, 3.8) is 0 Å². The Labute approximate surface area is 108 Å². The lowest BCUT2D eigenvalue weighted by Gasteiger charge is -2.29. The maximum Gasteiger partial charge on any atom is 0.275 e. The molecule has 1 aliphatic carbocycles. The summed E-state index contributed by atoms with van der Waals surface area (Å²) in [5.41, 5.74) is 5.18. The third kappa shape index (κ3) is 2.98. The highest BCUT2D eigenvalue weighted by molar-refractivity contribution is 5.39. The molecule has 0 aromatic heterocycles. The Morgan fingerprint density at radius 2 is 1.84 bits per heavy atom. The number of rotatable bonds is 3. The van der Waals surface area contributed by atoms with Gasteiger partial charge in [0.25, 0.3) is 5.69 Å². The summed E-state index contributed by atoms with van der Waals surface area (Å²) >= 11 is 0. The number of halogens is 2. The molecule has 0 bridgehead atoms. The third-order valence-corrected chi connectivity index (χ3v) is 3.22. The summed E-state index contributed by atoms with van der Waals surface area (Å²) in [4.78, 5) is 9.61. The predicted molar refractivity (Wildman–Crippen MR) is 63.9 cm³/mol. The first-order valence-corrected chi connectivity index (χ1v) is 6.04. The van der Waals surface area contributed by atoms with Gasteiger partial charge in [-0.15, -0.1) is 0 Å². The van der Waals surface area contributed by atoms with Gasteiger partial charge in [-0.2, -0.15) is 0 Å². The smallest absolute Gasteiger partial charge is 0.275 e. The predicted octanol–water partition coefficient (Wildman–Crippen LogP) is 2.52. The minimum atomic E-state index is -1.08. The van der Waals surface area contributed by atoms with Gasteiger partial charge in [-0.05, 0) is 19.3 Å². The highest BCUT2D eigenvalue weighted by atomic mass is 19.1. The van der Waals surface area contributed by atoms with Gasteiger partial charge in [0.15, 0.2) is 17.4 Å². The monoisotopic (exact) mass is 272 g/mol. The largest absolute Gasteiger partial charge is 0.483 e. The lowest BCUT2D eigenvalue weighted by molar-refractivity contribution is -0.385. The Morgan fingerprint density at radius 3 is 2.37 bits per heavy atom. The van der Waals surface area contributed by atoms with E-state index in [0.717, 1.165) is 19.3 Å². The zero-order valence-electron chi connectivity index (χ0n) is 10.1. The molecule has 1 saturated carbocycles. The number of ether oxygens (including phenoxy) is 1. The molecular formula is C12H14F2N2O3. The van der Waals surface area contributed by atoms with Gasteiger partial charge >= 0.3 is 0 Å². The average Bonchev–Trinajstić information content (AvgIpc) is 2.35. The van der Waals surface area contributed by atoms with Crippen molar-refractivity contribution in [1.82, 2.24) is 0 Å². The molecule has 0 spiro atoms. The number of benzene rings is 1. The molecule has 0 amide bonds.